The van der Waals surface area contributed by atoms with Crippen molar-refractivity contribution in [3.8, 4) is 0 Å². The van der Waals surface area contributed by atoms with E-state index in [1.54, 1.807) is 19.1 Å². The molecule has 3 N–H and O–H groups in total. The van der Waals surface area contributed by atoms with Gasteiger partial charge >= 0.3 is 0 Å². The third-order valence-electron chi connectivity index (χ3n) is 3.74. The zero-order valence-electron chi connectivity index (χ0n) is 11.3. The van der Waals surface area contributed by atoms with Crippen LogP contribution in [0.5, 0.6) is 0 Å². The third kappa shape index (κ3) is 3.70. The lowest BCUT2D eigenvalue weighted by atomic mass is 9.92. The molecule has 4 nitrogen and oxygen atoms in total. The molecule has 0 radical (unpaired) electrons. The molecule has 1 aromatic rings. The zero-order chi connectivity index (χ0) is 13.9. The summed E-state index contributed by atoms with van der Waals surface area (Å²) in [5.41, 5.74) is 6.86. The average molecular weight is 282 g/mol. The van der Waals surface area contributed by atoms with Crippen LogP contribution in [0.25, 0.3) is 0 Å². The minimum absolute atomic E-state index is 0.139. The Morgan fingerprint density at radius 1 is 1.16 bits per heavy atom. The first-order valence-electron chi connectivity index (χ1n) is 6.86. The van der Waals surface area contributed by atoms with Crippen molar-refractivity contribution >= 4 is 15.5 Å². The van der Waals surface area contributed by atoms with Crippen LogP contribution >= 0.6 is 0 Å². The Bertz CT molecular complexity index is 503. The Labute approximate surface area is 115 Å². The maximum atomic E-state index is 11.7. The molecule has 0 atom stereocenters. The average Bonchev–Trinajstić information content (AvgIpc) is 2.42. The molecule has 0 bridgehead atoms. The molecule has 2 rings (SSSR count). The van der Waals surface area contributed by atoms with Crippen LogP contribution in [0.1, 0.15) is 32.6 Å². The summed E-state index contributed by atoms with van der Waals surface area (Å²) in [6.07, 6.45) is 4.27. The van der Waals surface area contributed by atoms with Crippen molar-refractivity contribution in [2.24, 2.45) is 5.73 Å². The van der Waals surface area contributed by atoms with Gasteiger partial charge in [0.15, 0.2) is 9.84 Å². The summed E-state index contributed by atoms with van der Waals surface area (Å²) in [5, 5.41) is 3.45. The Hall–Kier alpha value is -1.07. The van der Waals surface area contributed by atoms with Crippen molar-refractivity contribution in [3.05, 3.63) is 24.3 Å². The van der Waals surface area contributed by atoms with Gasteiger partial charge in [-0.3, -0.25) is 0 Å². The molecule has 0 aliphatic heterocycles. The van der Waals surface area contributed by atoms with Gasteiger partial charge in [0.1, 0.15) is 0 Å². The van der Waals surface area contributed by atoms with Gasteiger partial charge in [-0.1, -0.05) is 6.92 Å². The van der Waals surface area contributed by atoms with Gasteiger partial charge in [-0.15, -0.1) is 0 Å². The molecule has 19 heavy (non-hydrogen) atoms. The Balaban J connectivity index is 1.99. The van der Waals surface area contributed by atoms with E-state index in [0.29, 0.717) is 17.0 Å². The highest BCUT2D eigenvalue weighted by Gasteiger charge is 2.18. The summed E-state index contributed by atoms with van der Waals surface area (Å²) in [5.74, 6) is 0.139. The van der Waals surface area contributed by atoms with E-state index in [1.807, 2.05) is 12.1 Å². The van der Waals surface area contributed by atoms with Gasteiger partial charge in [0.05, 0.1) is 10.6 Å². The maximum Gasteiger partial charge on any atom is 0.178 e. The Kier molecular flexibility index (Phi) is 4.47. The fourth-order valence-electron chi connectivity index (χ4n) is 2.42. The maximum absolute atomic E-state index is 11.7. The number of nitrogens with one attached hydrogen (secondary N) is 1. The molecule has 0 aromatic heterocycles. The second-order valence-electron chi connectivity index (χ2n) is 5.18. The highest BCUT2D eigenvalue weighted by molar-refractivity contribution is 7.91. The lowest BCUT2D eigenvalue weighted by Crippen LogP contribution is -2.32. The van der Waals surface area contributed by atoms with Crippen LogP contribution in [0.2, 0.25) is 0 Å². The number of sulfone groups is 1. The van der Waals surface area contributed by atoms with Crippen molar-refractivity contribution in [2.45, 2.75) is 49.6 Å². The van der Waals surface area contributed by atoms with Crippen molar-refractivity contribution in [1.29, 1.82) is 0 Å². The van der Waals surface area contributed by atoms with E-state index in [9.17, 15) is 8.42 Å². The number of nitrogens with two attached hydrogens (primary N) is 1. The molecule has 1 aliphatic rings. The summed E-state index contributed by atoms with van der Waals surface area (Å²) < 4.78 is 23.4. The molecule has 0 heterocycles. The van der Waals surface area contributed by atoms with Crippen LogP contribution in [-0.4, -0.2) is 26.3 Å². The normalized spacial score (nSPS) is 24.1. The largest absolute Gasteiger partial charge is 0.382 e. The summed E-state index contributed by atoms with van der Waals surface area (Å²) in [6.45, 7) is 1.66. The molecule has 0 amide bonds. The fourth-order valence-corrected chi connectivity index (χ4v) is 3.31. The van der Waals surface area contributed by atoms with E-state index in [4.69, 9.17) is 5.73 Å². The molecule has 1 aromatic carbocycles. The highest BCUT2D eigenvalue weighted by atomic mass is 32.2. The molecular formula is C14H22N2O2S. The molecule has 106 valence electrons. The number of hydrogen-bond donors (Lipinski definition) is 2. The van der Waals surface area contributed by atoms with Gasteiger partial charge in [-0.05, 0) is 49.9 Å². The van der Waals surface area contributed by atoms with E-state index < -0.39 is 9.84 Å². The summed E-state index contributed by atoms with van der Waals surface area (Å²) in [4.78, 5) is 0.395. The predicted octanol–water partition coefficient (Wildman–Crippen LogP) is 2.16. The molecule has 0 saturated heterocycles. The molecule has 0 unspecified atom stereocenters. The minimum atomic E-state index is -3.10. The summed E-state index contributed by atoms with van der Waals surface area (Å²) in [7, 11) is -3.10. The van der Waals surface area contributed by atoms with E-state index in [-0.39, 0.29) is 5.75 Å². The number of anilines is 1. The van der Waals surface area contributed by atoms with E-state index in [2.05, 4.69) is 5.32 Å². The smallest absolute Gasteiger partial charge is 0.178 e. The van der Waals surface area contributed by atoms with E-state index in [0.717, 1.165) is 31.4 Å². The second kappa shape index (κ2) is 5.92. The first kappa shape index (κ1) is 14.3. The van der Waals surface area contributed by atoms with Gasteiger partial charge in [-0.25, -0.2) is 8.42 Å². The third-order valence-corrected chi connectivity index (χ3v) is 5.49. The second-order valence-corrected chi connectivity index (χ2v) is 7.46. The summed E-state index contributed by atoms with van der Waals surface area (Å²) in [6, 6.07) is 7.84. The fraction of sp³-hybridized carbons (Fsp3) is 0.571. The first-order chi connectivity index (χ1) is 9.01. The number of benzene rings is 1. The van der Waals surface area contributed by atoms with Crippen LogP contribution in [0, 0.1) is 0 Å². The number of hydrogen-bond acceptors (Lipinski definition) is 4. The Morgan fingerprint density at radius 2 is 1.74 bits per heavy atom. The highest BCUT2D eigenvalue weighted by Crippen LogP contribution is 2.22. The molecule has 1 fully saturated rings. The zero-order valence-corrected chi connectivity index (χ0v) is 12.1. The minimum Gasteiger partial charge on any atom is -0.382 e. The van der Waals surface area contributed by atoms with Crippen molar-refractivity contribution in [3.63, 3.8) is 0 Å². The van der Waals surface area contributed by atoms with E-state index in [1.165, 1.54) is 0 Å². The van der Waals surface area contributed by atoms with Crippen LogP contribution in [0.3, 0.4) is 0 Å². The van der Waals surface area contributed by atoms with Crippen molar-refractivity contribution in [1.82, 2.24) is 0 Å². The van der Waals surface area contributed by atoms with Crippen molar-refractivity contribution < 1.29 is 8.42 Å². The standard InChI is InChI=1S/C14H22N2O2S/c1-2-19(17,18)14-9-7-13(8-10-14)16-12-5-3-11(15)4-6-12/h7-12,16H,2-6,15H2,1H3. The molecule has 1 saturated carbocycles. The SMILES string of the molecule is CCS(=O)(=O)c1ccc(NC2CCC(N)CC2)cc1. The van der Waals surface area contributed by atoms with Gasteiger partial charge < -0.3 is 11.1 Å². The van der Waals surface area contributed by atoms with Gasteiger partial charge in [0.25, 0.3) is 0 Å². The number of rotatable bonds is 4. The molecule has 1 aliphatic carbocycles. The topological polar surface area (TPSA) is 72.2 Å². The molecule has 5 heteroatoms. The Morgan fingerprint density at radius 3 is 2.26 bits per heavy atom. The lowest BCUT2D eigenvalue weighted by molar-refractivity contribution is 0.411. The van der Waals surface area contributed by atoms with Crippen LogP contribution in [0.4, 0.5) is 5.69 Å². The van der Waals surface area contributed by atoms with Gasteiger partial charge in [0, 0.05) is 17.8 Å². The lowest BCUT2D eigenvalue weighted by Gasteiger charge is -2.27. The summed E-state index contributed by atoms with van der Waals surface area (Å²) >= 11 is 0. The van der Waals surface area contributed by atoms with Crippen molar-refractivity contribution in [2.75, 3.05) is 11.1 Å². The van der Waals surface area contributed by atoms with E-state index >= 15 is 0 Å². The van der Waals surface area contributed by atoms with Crippen LogP contribution in [-0.2, 0) is 9.84 Å². The van der Waals surface area contributed by atoms with Gasteiger partial charge in [-0.2, -0.15) is 0 Å². The van der Waals surface area contributed by atoms with Crippen LogP contribution in [0.15, 0.2) is 29.2 Å². The van der Waals surface area contributed by atoms with Crippen LogP contribution < -0.4 is 11.1 Å². The first-order valence-corrected chi connectivity index (χ1v) is 8.51. The molecule has 0 spiro atoms. The monoisotopic (exact) mass is 282 g/mol. The quantitative estimate of drug-likeness (QED) is 0.887. The molecular weight excluding hydrogens is 260 g/mol. The predicted molar refractivity (Wildman–Crippen MR) is 78.0 cm³/mol. The van der Waals surface area contributed by atoms with Gasteiger partial charge in [0.2, 0.25) is 0 Å².